The predicted octanol–water partition coefficient (Wildman–Crippen LogP) is 6.46. The van der Waals surface area contributed by atoms with E-state index in [9.17, 15) is 23.1 Å². The lowest BCUT2D eigenvalue weighted by Crippen LogP contribution is -2.32. The number of halogens is 1. The first kappa shape index (κ1) is 32.3. The van der Waals surface area contributed by atoms with Gasteiger partial charge in [0, 0.05) is 55.8 Å². The molecule has 3 heterocycles. The van der Waals surface area contributed by atoms with Gasteiger partial charge in [0.05, 0.1) is 38.8 Å². The molecule has 5 rings (SSSR count). The van der Waals surface area contributed by atoms with E-state index in [1.807, 2.05) is 6.07 Å². The number of fused-ring (bicyclic) bond motifs is 1. The molecule has 15 heteroatoms. The minimum Gasteiger partial charge on any atom is -0.465 e. The van der Waals surface area contributed by atoms with E-state index in [0.29, 0.717) is 21.7 Å². The Morgan fingerprint density at radius 2 is 1.78 bits per heavy atom. The van der Waals surface area contributed by atoms with Gasteiger partial charge in [-0.05, 0) is 48.0 Å². The van der Waals surface area contributed by atoms with Gasteiger partial charge in [0.1, 0.15) is 5.75 Å². The zero-order chi connectivity index (χ0) is 32.8. The van der Waals surface area contributed by atoms with Crippen LogP contribution in [0.15, 0.2) is 84.0 Å². The van der Waals surface area contributed by atoms with Gasteiger partial charge in [0.15, 0.2) is 21.4 Å². The number of thiophene rings is 1. The van der Waals surface area contributed by atoms with Crippen LogP contribution in [-0.4, -0.2) is 67.0 Å². The number of amides is 3. The van der Waals surface area contributed by atoms with E-state index < -0.39 is 27.8 Å². The third kappa shape index (κ3) is 7.93. The number of hydrogen-bond acceptors (Lipinski definition) is 9. The fraction of sp³-hybridized carbons (Fsp3) is 0.161. The van der Waals surface area contributed by atoms with Crippen molar-refractivity contribution in [1.29, 1.82) is 0 Å². The molecule has 0 aliphatic rings. The molecule has 3 amide bonds. The van der Waals surface area contributed by atoms with E-state index in [1.165, 1.54) is 59.7 Å². The van der Waals surface area contributed by atoms with Crippen molar-refractivity contribution in [1.82, 2.24) is 14.9 Å². The number of nitrogens with one attached hydrogen (secondary N) is 2. The Morgan fingerprint density at radius 3 is 2.46 bits per heavy atom. The number of carboxylic acid groups (broad SMARTS) is 1. The maximum atomic E-state index is 15.1. The monoisotopic (exact) mass is 665 g/mol. The summed E-state index contributed by atoms with van der Waals surface area (Å²) in [7, 11) is -1.95. The molecule has 46 heavy (non-hydrogen) atoms. The molecule has 0 aliphatic carbocycles. The average molecular weight is 666 g/mol. The number of nitrogens with zero attached hydrogens (tertiary/aromatic N) is 3. The summed E-state index contributed by atoms with van der Waals surface area (Å²) in [5.41, 5.74) is 2.40. The first-order valence-electron chi connectivity index (χ1n) is 13.7. The number of carbonyl (C=O) groups is 2. The summed E-state index contributed by atoms with van der Waals surface area (Å²) >= 11 is 1.36. The third-order valence-electron chi connectivity index (χ3n) is 6.59. The van der Waals surface area contributed by atoms with Gasteiger partial charge < -0.3 is 30.1 Å². The topological polar surface area (TPSA) is 160 Å². The Bertz CT molecular complexity index is 2000. The largest absolute Gasteiger partial charge is 0.465 e. The molecule has 2 aromatic carbocycles. The molecule has 0 aliphatic heterocycles. The number of ether oxygens (including phenoxy) is 2. The summed E-state index contributed by atoms with van der Waals surface area (Å²) in [6.07, 6.45) is 3.18. The van der Waals surface area contributed by atoms with Crippen LogP contribution in [0.5, 0.6) is 11.5 Å². The highest BCUT2D eigenvalue weighted by Gasteiger charge is 2.16. The van der Waals surface area contributed by atoms with Gasteiger partial charge in [-0.1, -0.05) is 12.1 Å². The van der Waals surface area contributed by atoms with Gasteiger partial charge in [-0.2, -0.15) is 0 Å². The molecule has 5 aromatic rings. The number of anilines is 2. The Hall–Kier alpha value is -5.12. The molecule has 0 unspecified atom stereocenters. The molecule has 0 bridgehead atoms. The van der Waals surface area contributed by atoms with Crippen molar-refractivity contribution < 1.29 is 37.0 Å². The summed E-state index contributed by atoms with van der Waals surface area (Å²) < 4.78 is 50.2. The molecule has 238 valence electrons. The lowest BCUT2D eigenvalue weighted by molar-refractivity contribution is 0.115. The summed E-state index contributed by atoms with van der Waals surface area (Å²) in [4.78, 5) is 34.9. The highest BCUT2D eigenvalue weighted by Crippen LogP contribution is 2.39. The van der Waals surface area contributed by atoms with Crippen molar-refractivity contribution in [2.45, 2.75) is 11.4 Å². The fourth-order valence-electron chi connectivity index (χ4n) is 4.33. The van der Waals surface area contributed by atoms with Crippen LogP contribution in [0.2, 0.25) is 0 Å². The van der Waals surface area contributed by atoms with Crippen LogP contribution < -0.4 is 15.4 Å². The third-order valence-corrected chi connectivity index (χ3v) is 8.86. The number of methoxy groups -OCH3 is 1. The summed E-state index contributed by atoms with van der Waals surface area (Å²) in [5.74, 6) is -0.429. The predicted molar refractivity (Wildman–Crippen MR) is 172 cm³/mol. The molecule has 3 aromatic heterocycles. The van der Waals surface area contributed by atoms with Crippen molar-refractivity contribution in [2.24, 2.45) is 0 Å². The summed E-state index contributed by atoms with van der Waals surface area (Å²) in [6, 6.07) is 16.1. The van der Waals surface area contributed by atoms with Crippen LogP contribution in [0.1, 0.15) is 5.56 Å². The van der Waals surface area contributed by atoms with Crippen molar-refractivity contribution in [2.75, 3.05) is 37.2 Å². The number of urea groups is 1. The lowest BCUT2D eigenvalue weighted by Gasteiger charge is -2.18. The molecular formula is C31H28FN5O7S2. The Morgan fingerprint density at radius 1 is 1.00 bits per heavy atom. The maximum absolute atomic E-state index is 15.1. The van der Waals surface area contributed by atoms with Gasteiger partial charge in [0.2, 0.25) is 0 Å². The number of benzene rings is 2. The van der Waals surface area contributed by atoms with Crippen LogP contribution >= 0.6 is 11.3 Å². The highest BCUT2D eigenvalue weighted by molar-refractivity contribution is 7.90. The fourth-order valence-corrected chi connectivity index (χ4v) is 6.04. The van der Waals surface area contributed by atoms with Gasteiger partial charge in [-0.25, -0.2) is 22.4 Å². The van der Waals surface area contributed by atoms with Crippen LogP contribution in [0.4, 0.5) is 25.4 Å². The van der Waals surface area contributed by atoms with E-state index in [2.05, 4.69) is 20.6 Å². The van der Waals surface area contributed by atoms with Gasteiger partial charge in [-0.3, -0.25) is 9.97 Å². The Kier molecular flexibility index (Phi) is 9.75. The average Bonchev–Trinajstić information content (AvgIpc) is 3.46. The summed E-state index contributed by atoms with van der Waals surface area (Å²) in [6.45, 7) is 0.685. The van der Waals surface area contributed by atoms with Crippen molar-refractivity contribution >= 4 is 54.9 Å². The standard InChI is InChI=1S/C31H28FN5O7S2/c1-43-13-12-37(31(39)40)18-19-6-8-24(34-17-19)28-16-25-29(45-28)27(10-11-33-25)44-26-9-7-21(15-23(26)32)36-30(38)35-20-4-3-5-22(14-20)46(2,41)42/h3-11,14-17H,12-13,18H2,1-2H3,(H,39,40)(H2,35,36,38). The second kappa shape index (κ2) is 13.9. The minimum absolute atomic E-state index is 0.0496. The zero-order valence-electron chi connectivity index (χ0n) is 24.6. The lowest BCUT2D eigenvalue weighted by atomic mass is 10.2. The Balaban J connectivity index is 1.27. The van der Waals surface area contributed by atoms with E-state index in [1.54, 1.807) is 30.6 Å². The summed E-state index contributed by atoms with van der Waals surface area (Å²) in [5, 5.41) is 14.5. The maximum Gasteiger partial charge on any atom is 0.407 e. The number of sulfone groups is 1. The SMILES string of the molecule is COCCN(Cc1ccc(-c2cc3nccc(Oc4ccc(NC(=O)Nc5cccc(S(C)(=O)=O)c5)cc4F)c3s2)nc1)C(=O)O. The second-order valence-electron chi connectivity index (χ2n) is 10.0. The van der Waals surface area contributed by atoms with E-state index in [0.717, 1.165) is 22.8 Å². The number of carbonyl (C=O) groups excluding carboxylic acids is 1. The van der Waals surface area contributed by atoms with Gasteiger partial charge in [-0.15, -0.1) is 11.3 Å². The molecule has 0 saturated carbocycles. The molecule has 12 nitrogen and oxygen atoms in total. The molecule has 0 spiro atoms. The second-order valence-corrected chi connectivity index (χ2v) is 13.1. The number of pyridine rings is 2. The quantitative estimate of drug-likeness (QED) is 0.144. The number of aromatic nitrogens is 2. The first-order valence-corrected chi connectivity index (χ1v) is 16.4. The van der Waals surface area contributed by atoms with Crippen molar-refractivity contribution in [3.8, 4) is 22.1 Å². The Labute approximate surface area is 267 Å². The van der Waals surface area contributed by atoms with Crippen molar-refractivity contribution in [3.05, 3.63) is 90.5 Å². The van der Waals surface area contributed by atoms with E-state index in [4.69, 9.17) is 9.47 Å². The van der Waals surface area contributed by atoms with Gasteiger partial charge >= 0.3 is 12.1 Å². The van der Waals surface area contributed by atoms with Crippen LogP contribution in [0, 0.1) is 5.82 Å². The van der Waals surface area contributed by atoms with Crippen LogP contribution in [-0.2, 0) is 21.1 Å². The molecular weight excluding hydrogens is 638 g/mol. The smallest absolute Gasteiger partial charge is 0.407 e. The number of hydrogen-bond donors (Lipinski definition) is 3. The van der Waals surface area contributed by atoms with Crippen LogP contribution in [0.25, 0.3) is 20.8 Å². The zero-order valence-corrected chi connectivity index (χ0v) is 26.2. The molecule has 0 radical (unpaired) electrons. The minimum atomic E-state index is -3.46. The van der Waals surface area contributed by atoms with Gasteiger partial charge in [0.25, 0.3) is 0 Å². The molecule has 0 fully saturated rings. The van der Waals surface area contributed by atoms with E-state index >= 15 is 4.39 Å². The molecule has 0 saturated heterocycles. The normalized spacial score (nSPS) is 11.3. The highest BCUT2D eigenvalue weighted by atomic mass is 32.2. The molecule has 0 atom stereocenters. The number of rotatable bonds is 11. The van der Waals surface area contributed by atoms with Crippen LogP contribution in [0.3, 0.4) is 0 Å². The van der Waals surface area contributed by atoms with E-state index in [-0.39, 0.29) is 41.7 Å². The first-order chi connectivity index (χ1) is 22.0. The molecule has 3 N–H and O–H groups in total. The van der Waals surface area contributed by atoms with Crippen molar-refractivity contribution in [3.63, 3.8) is 0 Å².